The van der Waals surface area contributed by atoms with Gasteiger partial charge >= 0.3 is 15.6 Å². The molecule has 0 fully saturated rings. The van der Waals surface area contributed by atoms with Crippen molar-refractivity contribution in [3.63, 3.8) is 0 Å². The van der Waals surface area contributed by atoms with Crippen molar-refractivity contribution in [3.8, 4) is 11.5 Å². The van der Waals surface area contributed by atoms with Crippen LogP contribution in [0.2, 0.25) is 0 Å². The van der Waals surface area contributed by atoms with Crippen LogP contribution in [0.25, 0.3) is 0 Å². The summed E-state index contributed by atoms with van der Waals surface area (Å²) in [7, 11) is -7.61. The van der Waals surface area contributed by atoms with Crippen LogP contribution < -0.4 is 30.3 Å². The van der Waals surface area contributed by atoms with Gasteiger partial charge in [0.15, 0.2) is 0 Å². The third-order valence-electron chi connectivity index (χ3n) is 5.31. The quantitative estimate of drug-likeness (QED) is 0.239. The second-order valence-corrected chi connectivity index (χ2v) is 12.2. The molecule has 14 heteroatoms. The minimum atomic E-state index is -4.81. The zero-order valence-electron chi connectivity index (χ0n) is 25.2. The lowest BCUT2D eigenvalue weighted by molar-refractivity contribution is -0.255. The summed E-state index contributed by atoms with van der Waals surface area (Å²) in [6.45, 7) is 15.4. The Balaban J connectivity index is 0. The summed E-state index contributed by atoms with van der Waals surface area (Å²) >= 11 is 0. The predicted octanol–water partition coefficient (Wildman–Crippen LogP) is 2.51. The maximum Gasteiger partial charge on any atom is 0.317 e. The zero-order chi connectivity index (χ0) is 32.2. The average Bonchev–Trinajstić information content (AvgIpc) is 2.81. The van der Waals surface area contributed by atoms with Gasteiger partial charge in [0.25, 0.3) is 0 Å². The van der Waals surface area contributed by atoms with E-state index >= 15 is 0 Å². The van der Waals surface area contributed by atoms with Gasteiger partial charge in [0.2, 0.25) is 0 Å². The summed E-state index contributed by atoms with van der Waals surface area (Å²) in [5.41, 5.74) is 12.3. The number of hydrogen-bond acceptors (Lipinski definition) is 8. The first-order valence-corrected chi connectivity index (χ1v) is 15.6. The van der Waals surface area contributed by atoms with Crippen LogP contribution in [0.15, 0.2) is 24.3 Å². The van der Waals surface area contributed by atoms with E-state index in [1.165, 1.54) is 0 Å². The van der Waals surface area contributed by atoms with Crippen LogP contribution in [-0.2, 0) is 9.13 Å². The van der Waals surface area contributed by atoms with Gasteiger partial charge in [-0.2, -0.15) is 0 Å². The Labute approximate surface area is 237 Å². The van der Waals surface area contributed by atoms with Crippen molar-refractivity contribution in [1.29, 1.82) is 0 Å². The Morgan fingerprint density at radius 3 is 0.875 bits per heavy atom. The molecule has 2 rings (SSSR count). The topological polar surface area (TPSA) is 235 Å². The van der Waals surface area contributed by atoms with Crippen LogP contribution in [0.3, 0.4) is 0 Å². The lowest BCUT2D eigenvalue weighted by Gasteiger charge is -2.24. The van der Waals surface area contributed by atoms with E-state index in [9.17, 15) is 18.9 Å². The minimum absolute atomic E-state index is 0.0748. The van der Waals surface area contributed by atoms with Gasteiger partial charge < -0.3 is 50.3 Å². The molecule has 0 saturated heterocycles. The molecule has 10 N–H and O–H groups in total. The Bertz CT molecular complexity index is 995. The highest BCUT2D eigenvalue weighted by Crippen LogP contribution is 2.44. The first-order valence-electron chi connectivity index (χ1n) is 12.6. The van der Waals surface area contributed by atoms with Crippen molar-refractivity contribution in [2.75, 3.05) is 14.2 Å². The lowest BCUT2D eigenvalue weighted by Crippen LogP contribution is -2.40. The van der Waals surface area contributed by atoms with Crippen LogP contribution in [0, 0.1) is 0 Å². The molecule has 2 aromatic rings. The third-order valence-corrected chi connectivity index (χ3v) is 6.14. The summed E-state index contributed by atoms with van der Waals surface area (Å²) in [5.74, 6) is 0.759. The van der Waals surface area contributed by atoms with Crippen LogP contribution in [0.5, 0.6) is 11.5 Å². The number of phosphoric ester groups is 2. The van der Waals surface area contributed by atoms with E-state index in [4.69, 9.17) is 29.0 Å². The van der Waals surface area contributed by atoms with Gasteiger partial charge in [-0.1, -0.05) is 55.4 Å². The number of benzene rings is 2. The second-order valence-electron chi connectivity index (χ2n) is 9.95. The normalized spacial score (nSPS) is 13.8. The molecule has 0 aliphatic carbocycles. The Morgan fingerprint density at radius 1 is 0.575 bits per heavy atom. The highest BCUT2D eigenvalue weighted by Gasteiger charge is 2.22. The van der Waals surface area contributed by atoms with Crippen LogP contribution in [0.4, 0.5) is 11.4 Å². The Morgan fingerprint density at radius 2 is 0.750 bits per heavy atom. The molecule has 0 radical (unpaired) electrons. The van der Waals surface area contributed by atoms with Crippen LogP contribution in [0.1, 0.15) is 101 Å². The van der Waals surface area contributed by atoms with Crippen molar-refractivity contribution in [2.45, 2.75) is 79.1 Å². The molecule has 0 aromatic heterocycles. The molecule has 232 valence electrons. The maximum atomic E-state index is 11.0. The van der Waals surface area contributed by atoms with Gasteiger partial charge in [0, 0.05) is 60.7 Å². The molecule has 0 aliphatic heterocycles. The Hall–Kier alpha value is -1.82. The second kappa shape index (κ2) is 17.9. The number of phosphoric acid groups is 2. The smallest absolute Gasteiger partial charge is 0.317 e. The molecule has 0 bridgehead atoms. The fourth-order valence-corrected chi connectivity index (χ4v) is 4.52. The van der Waals surface area contributed by atoms with Gasteiger partial charge in [-0.15, -0.1) is 0 Å². The molecule has 0 spiro atoms. The van der Waals surface area contributed by atoms with Crippen molar-refractivity contribution in [1.82, 2.24) is 0 Å². The summed E-state index contributed by atoms with van der Waals surface area (Å²) in [5, 5.41) is 14.0. The summed E-state index contributed by atoms with van der Waals surface area (Å²) < 4.78 is 31.5. The predicted molar refractivity (Wildman–Crippen MR) is 152 cm³/mol. The molecule has 12 nitrogen and oxygen atoms in total. The lowest BCUT2D eigenvalue weighted by atomic mass is 9.93. The largest absolute Gasteiger partial charge is 0.746 e. The molecule has 0 amide bonds. The number of hydrogen-bond donors (Lipinski definition) is 6. The molecule has 40 heavy (non-hydrogen) atoms. The molecule has 2 unspecified atom stereocenters. The van der Waals surface area contributed by atoms with Gasteiger partial charge in [0.1, 0.15) is 22.9 Å². The Kier molecular flexibility index (Phi) is 18.0. The third kappa shape index (κ3) is 14.2. The molecule has 2 atom stereocenters. The van der Waals surface area contributed by atoms with Crippen molar-refractivity contribution >= 4 is 27.0 Å². The van der Waals surface area contributed by atoms with Gasteiger partial charge in [-0.3, -0.25) is 9.13 Å². The SMILES string of the molecule is CC(C)c1cc([NH3+])cc(C(C)C)c1OP(=O)([O-])O.CC(C)c1cc([NH3+])cc(C(C)C)c1OP(=O)([O-])O.CO.CO. The molecular weight excluding hydrogens is 562 g/mol. The first kappa shape index (κ1) is 40.3. The van der Waals surface area contributed by atoms with Crippen molar-refractivity contribution in [3.05, 3.63) is 46.5 Å². The highest BCUT2D eigenvalue weighted by molar-refractivity contribution is 7.45. The van der Waals surface area contributed by atoms with Crippen molar-refractivity contribution < 1.29 is 59.4 Å². The standard InChI is InChI=1S/2C12H20NO4P.2CH4O/c2*1-7(2)10-5-9(13)6-11(8(3)4)12(10)17-18(14,15)16;2*1-2/h2*5-8H,13H2,1-4H3,(H2,14,15,16);2*2H,1H3. The van der Waals surface area contributed by atoms with Crippen molar-refractivity contribution in [2.24, 2.45) is 0 Å². The molecule has 0 aliphatic rings. The minimum Gasteiger partial charge on any atom is -0.746 e. The van der Waals surface area contributed by atoms with E-state index in [0.29, 0.717) is 0 Å². The fraction of sp³-hybridized carbons (Fsp3) is 0.538. The molecule has 2 aromatic carbocycles. The van der Waals surface area contributed by atoms with Gasteiger partial charge in [0.05, 0.1) is 0 Å². The molecular formula is C26H48N2O10P2. The highest BCUT2D eigenvalue weighted by atomic mass is 31.2. The van der Waals surface area contributed by atoms with Gasteiger partial charge in [-0.05, 0) is 23.7 Å². The van der Waals surface area contributed by atoms with E-state index in [1.807, 2.05) is 55.4 Å². The monoisotopic (exact) mass is 610 g/mol. The number of aliphatic hydroxyl groups is 2. The fourth-order valence-electron chi connectivity index (χ4n) is 3.63. The van der Waals surface area contributed by atoms with Crippen LogP contribution >= 0.6 is 15.6 Å². The summed E-state index contributed by atoms with van der Waals surface area (Å²) in [6.07, 6.45) is 0. The zero-order valence-corrected chi connectivity index (χ0v) is 27.0. The van der Waals surface area contributed by atoms with E-state index in [0.717, 1.165) is 47.8 Å². The molecule has 0 heterocycles. The van der Waals surface area contributed by atoms with E-state index in [2.05, 4.69) is 11.5 Å². The van der Waals surface area contributed by atoms with E-state index in [-0.39, 0.29) is 35.2 Å². The average molecular weight is 611 g/mol. The number of rotatable bonds is 8. The number of quaternary nitrogens is 2. The molecule has 0 saturated carbocycles. The van der Waals surface area contributed by atoms with E-state index < -0.39 is 15.6 Å². The maximum absolute atomic E-state index is 11.0. The summed E-state index contributed by atoms with van der Waals surface area (Å²) in [6, 6.07) is 7.12. The first-order chi connectivity index (χ1) is 18.2. The van der Waals surface area contributed by atoms with Gasteiger partial charge in [-0.25, -0.2) is 0 Å². The summed E-state index contributed by atoms with van der Waals surface area (Å²) in [4.78, 5) is 39.8. The van der Waals surface area contributed by atoms with E-state index in [1.54, 1.807) is 24.3 Å². The van der Waals surface area contributed by atoms with Crippen LogP contribution in [-0.4, -0.2) is 34.2 Å². The number of aliphatic hydroxyl groups excluding tert-OH is 2.